The van der Waals surface area contributed by atoms with Crippen LogP contribution in [-0.4, -0.2) is 75.0 Å². The second-order valence-corrected chi connectivity index (χ2v) is 10.2. The number of amides is 1. The quantitative estimate of drug-likeness (QED) is 0.298. The van der Waals surface area contributed by atoms with Crippen LogP contribution in [0.2, 0.25) is 5.02 Å². The Morgan fingerprint density at radius 2 is 1.70 bits per heavy atom. The second kappa shape index (κ2) is 14.3. The first-order valence-corrected chi connectivity index (χ1v) is 13.6. The van der Waals surface area contributed by atoms with E-state index >= 15 is 0 Å². The maximum atomic E-state index is 12.2. The van der Waals surface area contributed by atoms with Crippen molar-refractivity contribution in [1.29, 1.82) is 0 Å². The largest absolute Gasteiger partial charge is 0.484 e. The molecule has 1 aliphatic heterocycles. The Bertz CT molecular complexity index is 1230. The van der Waals surface area contributed by atoms with Crippen LogP contribution in [0.25, 0.3) is 0 Å². The summed E-state index contributed by atoms with van der Waals surface area (Å²) in [7, 11) is 0. The molecule has 0 spiro atoms. The van der Waals surface area contributed by atoms with Crippen molar-refractivity contribution in [3.05, 3.63) is 35.1 Å². The molecule has 1 saturated heterocycles. The number of carbonyl (C=O) groups excluding carboxylic acids is 4. The molecule has 15 heteroatoms. The average molecular weight is 599 g/mol. The molecule has 1 amide bonds. The first-order chi connectivity index (χ1) is 19.0. The lowest BCUT2D eigenvalue weighted by molar-refractivity contribution is -0.211. The van der Waals surface area contributed by atoms with E-state index in [1.807, 2.05) is 6.92 Å². The summed E-state index contributed by atoms with van der Waals surface area (Å²) < 4.78 is 29.9. The fourth-order valence-electron chi connectivity index (χ4n) is 4.03. The number of ether oxygens (including phenoxy) is 5. The van der Waals surface area contributed by atoms with Crippen LogP contribution in [0.15, 0.2) is 29.4 Å². The molecule has 1 N–H and O–H groups in total. The summed E-state index contributed by atoms with van der Waals surface area (Å²) in [5, 5.41) is 12.1. The molecule has 5 atom stereocenters. The van der Waals surface area contributed by atoms with Gasteiger partial charge in [0.25, 0.3) is 0 Å². The summed E-state index contributed by atoms with van der Waals surface area (Å²) in [6.07, 6.45) is -3.38. The summed E-state index contributed by atoms with van der Waals surface area (Å²) in [5.41, 5.74) is -0.924. The first kappa shape index (κ1) is 31.2. The van der Waals surface area contributed by atoms with Crippen LogP contribution in [0, 0.1) is 0 Å². The predicted octanol–water partition coefficient (Wildman–Crippen LogP) is 2.28. The summed E-state index contributed by atoms with van der Waals surface area (Å²) in [6.45, 7) is 7.01. The molecule has 1 aromatic heterocycles. The SMILES string of the molecule is CCn1c(COc2ccccc2Cl)nnc1S[C@@H]1O[C@H](COC(C)=O)[C@H](OC(C)=O)[C@@H](OC(C)=O)[C@@H]1NC(C)=O. The molecule has 13 nitrogen and oxygen atoms in total. The Morgan fingerprint density at radius 1 is 1.02 bits per heavy atom. The molecule has 0 saturated carbocycles. The number of esters is 3. The Hall–Kier alpha value is -3.36. The number of hydrogen-bond acceptors (Lipinski definition) is 12. The van der Waals surface area contributed by atoms with E-state index < -0.39 is 53.6 Å². The number of para-hydroxylation sites is 1. The number of hydrogen-bond donors (Lipinski definition) is 1. The molecule has 3 rings (SSSR count). The Labute approximate surface area is 240 Å². The van der Waals surface area contributed by atoms with Crippen molar-refractivity contribution in [3.63, 3.8) is 0 Å². The van der Waals surface area contributed by atoms with Gasteiger partial charge in [-0.3, -0.25) is 19.2 Å². The van der Waals surface area contributed by atoms with Crippen LogP contribution in [0.1, 0.15) is 40.4 Å². The molecule has 0 bridgehead atoms. The van der Waals surface area contributed by atoms with Crippen molar-refractivity contribution in [2.75, 3.05) is 6.61 Å². The highest BCUT2D eigenvalue weighted by Crippen LogP contribution is 2.36. The van der Waals surface area contributed by atoms with E-state index in [1.54, 1.807) is 28.8 Å². The van der Waals surface area contributed by atoms with Gasteiger partial charge in [0.15, 0.2) is 23.2 Å². The van der Waals surface area contributed by atoms with Crippen LogP contribution in [-0.2, 0) is 51.3 Å². The van der Waals surface area contributed by atoms with Gasteiger partial charge in [-0.2, -0.15) is 0 Å². The molecular weight excluding hydrogens is 568 g/mol. The number of carbonyl (C=O) groups is 4. The first-order valence-electron chi connectivity index (χ1n) is 12.4. The van der Waals surface area contributed by atoms with E-state index in [2.05, 4.69) is 15.5 Å². The van der Waals surface area contributed by atoms with E-state index in [1.165, 1.54) is 27.7 Å². The number of nitrogens with one attached hydrogen (secondary N) is 1. The molecule has 2 aromatic rings. The fraction of sp³-hybridized carbons (Fsp3) is 0.520. The van der Waals surface area contributed by atoms with Crippen molar-refractivity contribution in [2.24, 2.45) is 0 Å². The molecule has 0 aliphatic carbocycles. The molecule has 218 valence electrons. The third kappa shape index (κ3) is 8.32. The monoisotopic (exact) mass is 598 g/mol. The van der Waals surface area contributed by atoms with Crippen molar-refractivity contribution < 1.29 is 42.9 Å². The van der Waals surface area contributed by atoms with Gasteiger partial charge < -0.3 is 33.6 Å². The second-order valence-electron chi connectivity index (χ2n) is 8.70. The third-order valence-corrected chi connectivity index (χ3v) is 7.06. The van der Waals surface area contributed by atoms with Crippen molar-refractivity contribution in [2.45, 2.75) is 82.7 Å². The van der Waals surface area contributed by atoms with Gasteiger partial charge in [0.2, 0.25) is 5.91 Å². The van der Waals surface area contributed by atoms with Gasteiger partial charge in [-0.1, -0.05) is 35.5 Å². The number of halogens is 1. The Kier molecular flexibility index (Phi) is 11.2. The minimum absolute atomic E-state index is 0.0749. The molecule has 1 fully saturated rings. The third-order valence-electron chi connectivity index (χ3n) is 5.60. The van der Waals surface area contributed by atoms with Gasteiger partial charge in [0.05, 0.1) is 5.02 Å². The summed E-state index contributed by atoms with van der Waals surface area (Å²) in [6, 6.07) is 6.05. The van der Waals surface area contributed by atoms with Crippen molar-refractivity contribution in [3.8, 4) is 5.75 Å². The van der Waals surface area contributed by atoms with Gasteiger partial charge in [-0.25, -0.2) is 0 Å². The zero-order valence-corrected chi connectivity index (χ0v) is 24.2. The van der Waals surface area contributed by atoms with Crippen molar-refractivity contribution in [1.82, 2.24) is 20.1 Å². The molecule has 1 aliphatic rings. The highest BCUT2D eigenvalue weighted by Gasteiger charge is 2.51. The van der Waals surface area contributed by atoms with E-state index in [9.17, 15) is 19.2 Å². The molecule has 1 aromatic carbocycles. The van der Waals surface area contributed by atoms with Crippen LogP contribution in [0.4, 0.5) is 0 Å². The summed E-state index contributed by atoms with van der Waals surface area (Å²) >= 11 is 7.29. The van der Waals surface area contributed by atoms with Gasteiger partial charge in [0, 0.05) is 34.2 Å². The molecule has 2 heterocycles. The van der Waals surface area contributed by atoms with Crippen LogP contribution >= 0.6 is 23.4 Å². The standard InChI is InChI=1S/C25H31ClN4O9S/c1-6-30-20(12-36-18-10-8-7-9-17(18)26)28-29-25(30)40-24-21(27-13(2)31)23(38-16(5)34)22(37-15(4)33)19(39-24)11-35-14(3)32/h7-10,19,21-24H,6,11-12H2,1-5H3,(H,27,31)/t19-,21+,22+,23+,24+/m1/s1. The molecule has 0 radical (unpaired) electrons. The van der Waals surface area contributed by atoms with Gasteiger partial charge in [0.1, 0.15) is 36.5 Å². The lowest BCUT2D eigenvalue weighted by Crippen LogP contribution is -2.65. The van der Waals surface area contributed by atoms with E-state index in [-0.39, 0.29) is 13.2 Å². The lowest BCUT2D eigenvalue weighted by atomic mass is 9.97. The summed E-state index contributed by atoms with van der Waals surface area (Å²) in [4.78, 5) is 47.8. The van der Waals surface area contributed by atoms with E-state index in [0.29, 0.717) is 28.3 Å². The highest BCUT2D eigenvalue weighted by atomic mass is 35.5. The van der Waals surface area contributed by atoms with Crippen molar-refractivity contribution >= 4 is 47.2 Å². The Balaban J connectivity index is 1.93. The smallest absolute Gasteiger partial charge is 0.303 e. The zero-order valence-electron chi connectivity index (χ0n) is 22.6. The topological polar surface area (TPSA) is 157 Å². The average Bonchev–Trinajstić information content (AvgIpc) is 3.26. The fourth-order valence-corrected chi connectivity index (χ4v) is 5.45. The predicted molar refractivity (Wildman–Crippen MR) is 141 cm³/mol. The van der Waals surface area contributed by atoms with E-state index in [0.717, 1.165) is 11.8 Å². The van der Waals surface area contributed by atoms with E-state index in [4.69, 9.17) is 35.3 Å². The van der Waals surface area contributed by atoms with Gasteiger partial charge >= 0.3 is 17.9 Å². The number of nitrogens with zero attached hydrogens (tertiary/aromatic N) is 3. The normalized spacial score (nSPS) is 22.2. The zero-order chi connectivity index (χ0) is 29.4. The van der Waals surface area contributed by atoms with Gasteiger partial charge in [-0.05, 0) is 19.1 Å². The summed E-state index contributed by atoms with van der Waals surface area (Å²) in [5.74, 6) is -1.40. The minimum atomic E-state index is -1.18. The molecular formula is C25H31ClN4O9S. The molecule has 0 unspecified atom stereocenters. The van der Waals surface area contributed by atoms with Crippen LogP contribution in [0.5, 0.6) is 5.75 Å². The Morgan fingerprint density at radius 3 is 2.30 bits per heavy atom. The lowest BCUT2D eigenvalue weighted by Gasteiger charge is -2.44. The molecule has 40 heavy (non-hydrogen) atoms. The maximum Gasteiger partial charge on any atom is 0.303 e. The number of benzene rings is 1. The number of aromatic nitrogens is 3. The number of thioether (sulfide) groups is 1. The maximum absolute atomic E-state index is 12.2. The van der Waals surface area contributed by atoms with Crippen LogP contribution in [0.3, 0.4) is 0 Å². The minimum Gasteiger partial charge on any atom is -0.484 e. The van der Waals surface area contributed by atoms with Crippen LogP contribution < -0.4 is 10.1 Å². The van der Waals surface area contributed by atoms with Gasteiger partial charge in [-0.15, -0.1) is 10.2 Å². The number of rotatable bonds is 11. The highest BCUT2D eigenvalue weighted by molar-refractivity contribution is 7.99.